The number of halogens is 3. The summed E-state index contributed by atoms with van der Waals surface area (Å²) in [6.45, 7) is 1.73. The molecule has 110 valence electrons. The van der Waals surface area contributed by atoms with Crippen LogP contribution in [-0.4, -0.2) is 5.91 Å². The third-order valence-electron chi connectivity index (χ3n) is 2.99. The number of carbonyl (C=O) groups excluding carboxylic acids is 1. The smallest absolute Gasteiger partial charge is 0.399 e. The maximum atomic E-state index is 12.9. The Kier molecular flexibility index (Phi) is 3.88. The van der Waals surface area contributed by atoms with Crippen molar-refractivity contribution in [3.05, 3.63) is 59.2 Å². The molecule has 2 aromatic carbocycles. The molecule has 0 spiro atoms. The molecule has 0 aliphatic carbocycles. The molecule has 0 aliphatic heterocycles. The Labute approximate surface area is 119 Å². The second-order valence-electron chi connectivity index (χ2n) is 4.57. The van der Waals surface area contributed by atoms with Crippen LogP contribution < -0.4 is 11.1 Å². The Balaban J connectivity index is 2.36. The molecule has 3 nitrogen and oxygen atoms in total. The summed E-state index contributed by atoms with van der Waals surface area (Å²) in [5.74, 6) is -0.823. The molecular weight excluding hydrogens is 281 g/mol. The number of hydrogen-bond donors (Lipinski definition) is 2. The Bertz CT molecular complexity index is 681. The van der Waals surface area contributed by atoms with Crippen LogP contribution in [0.1, 0.15) is 21.5 Å². The molecule has 0 aromatic heterocycles. The highest BCUT2D eigenvalue weighted by Gasteiger charge is 2.34. The molecule has 3 N–H and O–H groups in total. The van der Waals surface area contributed by atoms with Crippen LogP contribution in [0.25, 0.3) is 0 Å². The summed E-state index contributed by atoms with van der Waals surface area (Å²) in [6, 6.07) is 9.47. The Morgan fingerprint density at radius 1 is 1.14 bits per heavy atom. The zero-order valence-corrected chi connectivity index (χ0v) is 11.2. The van der Waals surface area contributed by atoms with Gasteiger partial charge in [0, 0.05) is 11.4 Å². The van der Waals surface area contributed by atoms with Gasteiger partial charge in [0.25, 0.3) is 5.91 Å². The van der Waals surface area contributed by atoms with Crippen LogP contribution in [-0.2, 0) is 6.18 Å². The number of benzene rings is 2. The topological polar surface area (TPSA) is 55.1 Å². The van der Waals surface area contributed by atoms with Crippen LogP contribution in [0, 0.1) is 6.92 Å². The highest BCUT2D eigenvalue weighted by molar-refractivity contribution is 6.06. The van der Waals surface area contributed by atoms with Gasteiger partial charge in [0.05, 0.1) is 11.1 Å². The molecule has 21 heavy (non-hydrogen) atoms. The average molecular weight is 294 g/mol. The third-order valence-corrected chi connectivity index (χ3v) is 2.99. The van der Waals surface area contributed by atoms with Crippen LogP contribution in [0.3, 0.4) is 0 Å². The molecule has 0 radical (unpaired) electrons. The minimum absolute atomic E-state index is 0.386. The number of nitrogens with one attached hydrogen (secondary N) is 1. The lowest BCUT2D eigenvalue weighted by Crippen LogP contribution is -2.19. The summed E-state index contributed by atoms with van der Waals surface area (Å²) in [4.78, 5) is 12.1. The van der Waals surface area contributed by atoms with E-state index in [0.717, 1.165) is 12.1 Å². The van der Waals surface area contributed by atoms with E-state index in [1.54, 1.807) is 19.1 Å². The van der Waals surface area contributed by atoms with Gasteiger partial charge >= 0.3 is 6.18 Å². The second kappa shape index (κ2) is 5.47. The number of carbonyl (C=O) groups is 1. The van der Waals surface area contributed by atoms with Gasteiger partial charge in [-0.2, -0.15) is 13.2 Å². The SMILES string of the molecule is Cc1ccc(N)cc1NC(=O)c1ccccc1C(F)(F)F. The highest BCUT2D eigenvalue weighted by Crippen LogP contribution is 2.32. The molecule has 0 bridgehead atoms. The molecule has 0 atom stereocenters. The summed E-state index contributed by atoms with van der Waals surface area (Å²) >= 11 is 0. The number of nitrogen functional groups attached to an aromatic ring is 1. The van der Waals surface area contributed by atoms with E-state index in [9.17, 15) is 18.0 Å². The fraction of sp³-hybridized carbons (Fsp3) is 0.133. The number of rotatable bonds is 2. The van der Waals surface area contributed by atoms with E-state index in [1.165, 1.54) is 18.2 Å². The van der Waals surface area contributed by atoms with Crippen LogP contribution in [0.2, 0.25) is 0 Å². The first kappa shape index (κ1) is 14.9. The molecule has 0 saturated heterocycles. The minimum Gasteiger partial charge on any atom is -0.399 e. The number of aryl methyl sites for hydroxylation is 1. The average Bonchev–Trinajstić information content (AvgIpc) is 2.42. The monoisotopic (exact) mass is 294 g/mol. The van der Waals surface area contributed by atoms with Crippen LogP contribution in [0.15, 0.2) is 42.5 Å². The normalized spacial score (nSPS) is 11.2. The van der Waals surface area contributed by atoms with E-state index < -0.39 is 23.2 Å². The van der Waals surface area contributed by atoms with Gasteiger partial charge in [-0.3, -0.25) is 4.79 Å². The molecule has 1 amide bonds. The Morgan fingerprint density at radius 2 is 1.81 bits per heavy atom. The third kappa shape index (κ3) is 3.34. The number of nitrogens with two attached hydrogens (primary N) is 1. The molecule has 0 fully saturated rings. The van der Waals surface area contributed by atoms with Gasteiger partial charge < -0.3 is 11.1 Å². The van der Waals surface area contributed by atoms with E-state index >= 15 is 0 Å². The molecule has 0 heterocycles. The van der Waals surface area contributed by atoms with Gasteiger partial charge in [0.1, 0.15) is 0 Å². The summed E-state index contributed by atoms with van der Waals surface area (Å²) in [5.41, 5.74) is 5.73. The van der Waals surface area contributed by atoms with Crippen molar-refractivity contribution in [1.29, 1.82) is 0 Å². The van der Waals surface area contributed by atoms with Crippen molar-refractivity contribution in [2.75, 3.05) is 11.1 Å². The predicted octanol–water partition coefficient (Wildman–Crippen LogP) is 3.85. The van der Waals surface area contributed by atoms with Crippen molar-refractivity contribution >= 4 is 17.3 Å². The van der Waals surface area contributed by atoms with Gasteiger partial charge in [-0.25, -0.2) is 0 Å². The summed E-state index contributed by atoms with van der Waals surface area (Å²) < 4.78 is 38.7. The van der Waals surface area contributed by atoms with E-state index in [0.29, 0.717) is 16.9 Å². The van der Waals surface area contributed by atoms with Gasteiger partial charge in [0.15, 0.2) is 0 Å². The minimum atomic E-state index is -4.58. The first-order valence-electron chi connectivity index (χ1n) is 6.13. The molecular formula is C15H13F3N2O. The zero-order chi connectivity index (χ0) is 15.6. The standard InChI is InChI=1S/C15H13F3N2O/c1-9-6-7-10(19)8-13(9)20-14(21)11-4-2-3-5-12(11)15(16,17)18/h2-8H,19H2,1H3,(H,20,21). The number of amides is 1. The quantitative estimate of drug-likeness (QED) is 0.827. The van der Waals surface area contributed by atoms with Crippen molar-refractivity contribution in [3.8, 4) is 0 Å². The highest BCUT2D eigenvalue weighted by atomic mass is 19.4. The molecule has 0 unspecified atom stereocenters. The Hall–Kier alpha value is -2.50. The van der Waals surface area contributed by atoms with Crippen molar-refractivity contribution < 1.29 is 18.0 Å². The number of anilines is 2. The molecule has 2 aromatic rings. The maximum Gasteiger partial charge on any atom is 0.417 e. The van der Waals surface area contributed by atoms with Gasteiger partial charge in [-0.05, 0) is 36.8 Å². The van der Waals surface area contributed by atoms with E-state index in [2.05, 4.69) is 5.32 Å². The molecule has 0 saturated carbocycles. The first-order chi connectivity index (χ1) is 9.79. The zero-order valence-electron chi connectivity index (χ0n) is 11.2. The predicted molar refractivity (Wildman–Crippen MR) is 75.0 cm³/mol. The first-order valence-corrected chi connectivity index (χ1v) is 6.13. The number of hydrogen-bond acceptors (Lipinski definition) is 2. The molecule has 2 rings (SSSR count). The second-order valence-corrected chi connectivity index (χ2v) is 4.57. The maximum absolute atomic E-state index is 12.9. The lowest BCUT2D eigenvalue weighted by molar-refractivity contribution is -0.137. The van der Waals surface area contributed by atoms with Gasteiger partial charge in [0.2, 0.25) is 0 Å². The van der Waals surface area contributed by atoms with Crippen LogP contribution in [0.5, 0.6) is 0 Å². The molecule has 6 heteroatoms. The van der Waals surface area contributed by atoms with Crippen molar-refractivity contribution in [2.45, 2.75) is 13.1 Å². The van der Waals surface area contributed by atoms with Gasteiger partial charge in [-0.15, -0.1) is 0 Å². The van der Waals surface area contributed by atoms with Crippen LogP contribution in [0.4, 0.5) is 24.5 Å². The lowest BCUT2D eigenvalue weighted by Gasteiger charge is -2.14. The van der Waals surface area contributed by atoms with E-state index in [4.69, 9.17) is 5.73 Å². The summed E-state index contributed by atoms with van der Waals surface area (Å²) in [7, 11) is 0. The largest absolute Gasteiger partial charge is 0.417 e. The summed E-state index contributed by atoms with van der Waals surface area (Å²) in [5, 5.41) is 2.46. The molecule has 0 aliphatic rings. The summed E-state index contributed by atoms with van der Waals surface area (Å²) in [6.07, 6.45) is -4.58. The number of alkyl halides is 3. The van der Waals surface area contributed by atoms with E-state index in [1.807, 2.05) is 0 Å². The lowest BCUT2D eigenvalue weighted by atomic mass is 10.1. The Morgan fingerprint density at radius 3 is 2.48 bits per heavy atom. The van der Waals surface area contributed by atoms with Crippen molar-refractivity contribution in [1.82, 2.24) is 0 Å². The van der Waals surface area contributed by atoms with Crippen molar-refractivity contribution in [2.24, 2.45) is 0 Å². The van der Waals surface area contributed by atoms with Crippen LogP contribution >= 0.6 is 0 Å². The van der Waals surface area contributed by atoms with Crippen molar-refractivity contribution in [3.63, 3.8) is 0 Å². The van der Waals surface area contributed by atoms with E-state index in [-0.39, 0.29) is 0 Å². The fourth-order valence-electron chi connectivity index (χ4n) is 1.89. The fourth-order valence-corrected chi connectivity index (χ4v) is 1.89. The van der Waals surface area contributed by atoms with Gasteiger partial charge in [-0.1, -0.05) is 18.2 Å².